The lowest BCUT2D eigenvalue weighted by molar-refractivity contribution is -0.135. The molecule has 0 aromatic heterocycles. The van der Waals surface area contributed by atoms with Gasteiger partial charge in [-0.15, -0.1) is 0 Å². The molecule has 2 heterocycles. The molecule has 0 spiro atoms. The maximum atomic E-state index is 14.3. The number of nitrogens with zero attached hydrogens (tertiary/aromatic N) is 3. The molecule has 5 rings (SSSR count). The second kappa shape index (κ2) is 11.7. The molecule has 1 atom stereocenters. The van der Waals surface area contributed by atoms with Crippen molar-refractivity contribution in [1.29, 1.82) is 0 Å². The van der Waals surface area contributed by atoms with Crippen molar-refractivity contribution in [1.82, 2.24) is 9.80 Å². The maximum absolute atomic E-state index is 14.3. The van der Waals surface area contributed by atoms with Gasteiger partial charge in [0, 0.05) is 57.4 Å². The number of halogens is 2. The molecule has 0 N–H and O–H groups in total. The molecule has 194 valence electrons. The number of carbonyl (C=O) groups excluding carboxylic acids is 1. The number of rotatable bonds is 7. The summed E-state index contributed by atoms with van der Waals surface area (Å²) in [5.74, 6) is 0.337. The summed E-state index contributed by atoms with van der Waals surface area (Å²) in [6.07, 6.45) is 1.91. The van der Waals surface area contributed by atoms with Crippen molar-refractivity contribution in [2.45, 2.75) is 18.8 Å². The fourth-order valence-corrected chi connectivity index (χ4v) is 5.36. The second-order valence-corrected chi connectivity index (χ2v) is 9.76. The van der Waals surface area contributed by atoms with Crippen LogP contribution >= 0.6 is 0 Å². The highest BCUT2D eigenvalue weighted by Crippen LogP contribution is 2.39. The van der Waals surface area contributed by atoms with Gasteiger partial charge in [-0.25, -0.2) is 8.78 Å². The molecule has 1 fully saturated rings. The lowest BCUT2D eigenvalue weighted by atomic mass is 9.87. The Morgan fingerprint density at radius 2 is 1.57 bits per heavy atom. The van der Waals surface area contributed by atoms with Crippen molar-refractivity contribution < 1.29 is 18.3 Å². The highest BCUT2D eigenvalue weighted by Gasteiger charge is 2.26. The summed E-state index contributed by atoms with van der Waals surface area (Å²) in [6.45, 7) is 5.50. The first-order valence-corrected chi connectivity index (χ1v) is 13.0. The number of anilines is 1. The van der Waals surface area contributed by atoms with Crippen LogP contribution in [0.1, 0.15) is 29.9 Å². The zero-order valence-electron chi connectivity index (χ0n) is 21.0. The van der Waals surface area contributed by atoms with Gasteiger partial charge < -0.3 is 14.5 Å². The standard InChI is InChI=1S/C30H33F2N3O2/c31-24-10-8-23(9-11-24)27-7-4-14-34(29-21-25(32)12-13-28(27)29)18-15-33-16-19-35(20-17-33)30(36)22-37-26-5-2-1-3-6-26/h1-3,5-6,8-13,21,27H,4,7,14-20,22H2. The lowest BCUT2D eigenvalue weighted by Gasteiger charge is -2.36. The van der Waals surface area contributed by atoms with Gasteiger partial charge in [0.15, 0.2) is 6.61 Å². The van der Waals surface area contributed by atoms with Gasteiger partial charge >= 0.3 is 0 Å². The van der Waals surface area contributed by atoms with Crippen LogP contribution in [0.25, 0.3) is 0 Å². The number of piperazine rings is 1. The van der Waals surface area contributed by atoms with Gasteiger partial charge in [0.05, 0.1) is 0 Å². The summed E-state index contributed by atoms with van der Waals surface area (Å²) in [5, 5.41) is 0. The first-order valence-electron chi connectivity index (χ1n) is 13.0. The zero-order valence-corrected chi connectivity index (χ0v) is 21.0. The largest absolute Gasteiger partial charge is 0.484 e. The number of fused-ring (bicyclic) bond motifs is 1. The minimum Gasteiger partial charge on any atom is -0.484 e. The normalized spacial score (nSPS) is 18.3. The lowest BCUT2D eigenvalue weighted by Crippen LogP contribution is -2.51. The van der Waals surface area contributed by atoms with Crippen LogP contribution in [0.15, 0.2) is 72.8 Å². The number of para-hydroxylation sites is 1. The summed E-state index contributed by atoms with van der Waals surface area (Å²) < 4.78 is 33.5. The van der Waals surface area contributed by atoms with E-state index in [4.69, 9.17) is 4.74 Å². The molecule has 1 saturated heterocycles. The van der Waals surface area contributed by atoms with E-state index in [1.54, 1.807) is 6.07 Å². The monoisotopic (exact) mass is 505 g/mol. The molecule has 37 heavy (non-hydrogen) atoms. The first kappa shape index (κ1) is 25.2. The summed E-state index contributed by atoms with van der Waals surface area (Å²) in [7, 11) is 0. The molecule has 1 amide bonds. The van der Waals surface area contributed by atoms with Crippen LogP contribution in [-0.2, 0) is 4.79 Å². The van der Waals surface area contributed by atoms with Crippen LogP contribution in [0.4, 0.5) is 14.5 Å². The molecule has 2 aliphatic rings. The van der Waals surface area contributed by atoms with E-state index in [0.29, 0.717) is 18.8 Å². The summed E-state index contributed by atoms with van der Waals surface area (Å²) in [5.41, 5.74) is 3.09. The van der Waals surface area contributed by atoms with Gasteiger partial charge in [-0.05, 0) is 60.4 Å². The Labute approximate surface area is 217 Å². The Morgan fingerprint density at radius 1 is 0.838 bits per heavy atom. The second-order valence-electron chi connectivity index (χ2n) is 9.76. The highest BCUT2D eigenvalue weighted by molar-refractivity contribution is 5.77. The summed E-state index contributed by atoms with van der Waals surface area (Å²) in [4.78, 5) is 19.1. The fraction of sp³-hybridized carbons (Fsp3) is 0.367. The van der Waals surface area contributed by atoms with Crippen molar-refractivity contribution in [2.24, 2.45) is 0 Å². The predicted molar refractivity (Wildman–Crippen MR) is 141 cm³/mol. The molecule has 1 unspecified atom stereocenters. The molecule has 3 aromatic rings. The van der Waals surface area contributed by atoms with Crippen molar-refractivity contribution in [3.63, 3.8) is 0 Å². The van der Waals surface area contributed by atoms with E-state index >= 15 is 0 Å². The topological polar surface area (TPSA) is 36.0 Å². The smallest absolute Gasteiger partial charge is 0.260 e. The Bertz CT molecular complexity index is 1180. The van der Waals surface area contributed by atoms with Gasteiger partial charge in [-0.1, -0.05) is 36.4 Å². The van der Waals surface area contributed by atoms with E-state index in [-0.39, 0.29) is 30.1 Å². The van der Waals surface area contributed by atoms with Crippen LogP contribution in [0.2, 0.25) is 0 Å². The van der Waals surface area contributed by atoms with Crippen LogP contribution < -0.4 is 9.64 Å². The molecule has 7 heteroatoms. The third kappa shape index (κ3) is 6.28. The van der Waals surface area contributed by atoms with E-state index in [1.165, 1.54) is 18.2 Å². The Kier molecular flexibility index (Phi) is 7.99. The molecule has 5 nitrogen and oxygen atoms in total. The third-order valence-corrected chi connectivity index (χ3v) is 7.42. The van der Waals surface area contributed by atoms with Gasteiger partial charge in [0.1, 0.15) is 17.4 Å². The molecular weight excluding hydrogens is 472 g/mol. The summed E-state index contributed by atoms with van der Waals surface area (Å²) >= 11 is 0. The molecule has 2 aliphatic heterocycles. The molecule has 0 bridgehead atoms. The maximum Gasteiger partial charge on any atom is 0.260 e. The average Bonchev–Trinajstić information content (AvgIpc) is 3.11. The predicted octanol–water partition coefficient (Wildman–Crippen LogP) is 4.92. The van der Waals surface area contributed by atoms with Crippen LogP contribution in [-0.4, -0.2) is 68.1 Å². The van der Waals surface area contributed by atoms with E-state index in [9.17, 15) is 13.6 Å². The molecular formula is C30H33F2N3O2. The van der Waals surface area contributed by atoms with Gasteiger partial charge in [0.2, 0.25) is 0 Å². The quantitative estimate of drug-likeness (QED) is 0.457. The Morgan fingerprint density at radius 3 is 2.32 bits per heavy atom. The van der Waals surface area contributed by atoms with Crippen LogP contribution in [0.3, 0.4) is 0 Å². The highest BCUT2D eigenvalue weighted by atomic mass is 19.1. The number of amides is 1. The van der Waals surface area contributed by atoms with Crippen molar-refractivity contribution in [2.75, 3.05) is 57.3 Å². The number of hydrogen-bond donors (Lipinski definition) is 0. The van der Waals surface area contributed by atoms with Crippen LogP contribution in [0, 0.1) is 11.6 Å². The fourth-order valence-electron chi connectivity index (χ4n) is 5.36. The van der Waals surface area contributed by atoms with E-state index in [2.05, 4.69) is 9.80 Å². The van der Waals surface area contributed by atoms with Crippen molar-refractivity contribution in [3.05, 3.63) is 95.6 Å². The Balaban J connectivity index is 1.17. The number of ether oxygens (including phenoxy) is 1. The Hall–Kier alpha value is -3.45. The van der Waals surface area contributed by atoms with E-state index < -0.39 is 0 Å². The SMILES string of the molecule is O=C(COc1ccccc1)N1CCN(CCN2CCCC(c3ccc(F)cc3)c3ccc(F)cc32)CC1. The van der Waals surface area contributed by atoms with Crippen molar-refractivity contribution >= 4 is 11.6 Å². The minimum atomic E-state index is -0.246. The molecule has 0 aliphatic carbocycles. The first-order chi connectivity index (χ1) is 18.1. The third-order valence-electron chi connectivity index (χ3n) is 7.42. The van der Waals surface area contributed by atoms with Gasteiger partial charge in [0.25, 0.3) is 5.91 Å². The van der Waals surface area contributed by atoms with Crippen molar-refractivity contribution in [3.8, 4) is 5.75 Å². The average molecular weight is 506 g/mol. The van der Waals surface area contributed by atoms with Gasteiger partial charge in [-0.3, -0.25) is 9.69 Å². The molecule has 0 radical (unpaired) electrons. The van der Waals surface area contributed by atoms with E-state index in [0.717, 1.165) is 62.4 Å². The number of carbonyl (C=O) groups is 1. The molecule has 3 aromatic carbocycles. The van der Waals surface area contributed by atoms with Crippen LogP contribution in [0.5, 0.6) is 5.75 Å². The minimum absolute atomic E-state index is 0.00672. The number of benzene rings is 3. The molecule has 0 saturated carbocycles. The number of hydrogen-bond acceptors (Lipinski definition) is 4. The summed E-state index contributed by atoms with van der Waals surface area (Å²) in [6, 6.07) is 21.1. The zero-order chi connectivity index (χ0) is 25.6. The van der Waals surface area contributed by atoms with Gasteiger partial charge in [-0.2, -0.15) is 0 Å². The van der Waals surface area contributed by atoms with E-state index in [1.807, 2.05) is 53.4 Å².